The Labute approximate surface area is 138 Å². The molecule has 2 nitrogen and oxygen atoms in total. The molecule has 1 heterocycles. The maximum absolute atomic E-state index is 7.01. The highest BCUT2D eigenvalue weighted by Gasteiger charge is 2.75. The molecule has 0 atom stereocenters. The normalized spacial score (nSPS) is 27.6. The average Bonchev–Trinajstić information content (AvgIpc) is 2.32. The van der Waals surface area contributed by atoms with Gasteiger partial charge in [-0.1, -0.05) is 20.8 Å². The minimum Gasteiger partial charge on any atom is -0.723 e. The maximum Gasteiger partial charge on any atom is 0.339 e. The van der Waals surface area contributed by atoms with Crippen molar-refractivity contribution in [3.63, 3.8) is 0 Å². The summed E-state index contributed by atoms with van der Waals surface area (Å²) in [6.07, 6.45) is 0. The minimum absolute atomic E-state index is 1.40. The van der Waals surface area contributed by atoms with Gasteiger partial charge in [0.2, 0.25) is 0 Å². The third kappa shape index (κ3) is 2.81. The fourth-order valence-electron chi connectivity index (χ4n) is 4.28. The first-order valence-corrected chi connectivity index (χ1v) is 24.9. The lowest BCUT2D eigenvalue weighted by molar-refractivity contribution is 0.332. The Morgan fingerprint density at radius 3 is 1.19 bits per heavy atom. The van der Waals surface area contributed by atoms with Crippen LogP contribution in [0.4, 0.5) is 0 Å². The van der Waals surface area contributed by atoms with Crippen molar-refractivity contribution in [3.8, 4) is 0 Å². The van der Waals surface area contributed by atoms with Crippen molar-refractivity contribution in [2.24, 2.45) is 0 Å². The van der Waals surface area contributed by atoms with E-state index in [1.165, 1.54) is 18.1 Å². The van der Waals surface area contributed by atoms with Crippen LogP contribution >= 0.6 is 0 Å². The Hall–Kier alpha value is 1.00. The van der Waals surface area contributed by atoms with Gasteiger partial charge in [0.1, 0.15) is 0 Å². The van der Waals surface area contributed by atoms with Crippen LogP contribution in [0.5, 0.6) is 0 Å². The van der Waals surface area contributed by atoms with Crippen LogP contribution in [0, 0.1) is 0 Å². The summed E-state index contributed by atoms with van der Waals surface area (Å²) in [4.78, 5) is 0. The third-order valence-corrected chi connectivity index (χ3v) is 55.1. The van der Waals surface area contributed by atoms with E-state index in [0.29, 0.717) is 0 Å². The van der Waals surface area contributed by atoms with E-state index in [0.717, 1.165) is 0 Å². The van der Waals surface area contributed by atoms with E-state index in [2.05, 4.69) is 76.6 Å². The maximum atomic E-state index is 7.01. The van der Waals surface area contributed by atoms with E-state index in [-0.39, 0.29) is 0 Å². The molecule has 0 aliphatic carbocycles. The SMILES string of the molecule is CC[Si](CC)(CC)[O+]1[Si](C)(C)[Si](C)(C)O[Si](C)(C)[Si]1(C)C. The molecule has 1 fully saturated rings. The topological polar surface area (TPSA) is 11.9 Å². The van der Waals surface area contributed by atoms with E-state index < -0.39 is 39.7 Å². The highest BCUT2D eigenvalue weighted by Crippen LogP contribution is 2.50. The fraction of sp³-hybridized carbons (Fsp3) is 1.00. The zero-order valence-corrected chi connectivity index (χ0v) is 21.4. The summed E-state index contributed by atoms with van der Waals surface area (Å²) >= 11 is 0. The van der Waals surface area contributed by atoms with Gasteiger partial charge in [0.25, 0.3) is 15.7 Å². The first kappa shape index (κ1) is 20.0. The standard InChI is InChI=1S/C14H39O2Si5/c1-12-21(13-2,14-3)16-19(8,9)17(4,5)15-18(6,7)20(16,10)11/h12-14H2,1-11H3/q+1. The monoisotopic (exact) mass is 379 g/mol. The zero-order valence-electron chi connectivity index (χ0n) is 16.4. The number of hydrogen-bond donors (Lipinski definition) is 0. The van der Waals surface area contributed by atoms with Gasteiger partial charge in [-0.25, -0.2) is 0 Å². The van der Waals surface area contributed by atoms with Crippen LogP contribution in [0.25, 0.3) is 0 Å². The second kappa shape index (κ2) is 5.82. The van der Waals surface area contributed by atoms with E-state index in [1.54, 1.807) is 0 Å². The van der Waals surface area contributed by atoms with Crippen LogP contribution in [0.15, 0.2) is 0 Å². The van der Waals surface area contributed by atoms with Gasteiger partial charge in [-0.3, -0.25) is 0 Å². The number of rotatable bonds is 4. The highest BCUT2D eigenvalue weighted by molar-refractivity contribution is 7.51. The Bertz CT molecular complexity index is 352. The van der Waals surface area contributed by atoms with E-state index in [9.17, 15) is 0 Å². The molecule has 1 aliphatic rings. The molecule has 0 aromatic heterocycles. The molecule has 1 rings (SSSR count). The molecule has 7 heteroatoms. The van der Waals surface area contributed by atoms with E-state index >= 15 is 0 Å². The smallest absolute Gasteiger partial charge is 0.339 e. The van der Waals surface area contributed by atoms with Crippen molar-refractivity contribution in [1.29, 1.82) is 0 Å². The molecule has 1 aliphatic heterocycles. The minimum atomic E-state index is -1.61. The molecule has 0 amide bonds. The lowest BCUT2D eigenvalue weighted by Gasteiger charge is -2.67. The molecule has 0 radical (unpaired) electrons. The summed E-state index contributed by atoms with van der Waals surface area (Å²) in [5, 5.41) is 0. The number of hydrogen-bond acceptors (Lipinski definition) is 1. The van der Waals surface area contributed by atoms with Gasteiger partial charge in [0.15, 0.2) is 0 Å². The van der Waals surface area contributed by atoms with E-state index in [4.69, 9.17) is 4.12 Å². The fourth-order valence-corrected chi connectivity index (χ4v) is 62.2. The van der Waals surface area contributed by atoms with Crippen LogP contribution in [-0.2, 0) is 7.55 Å². The average molecular weight is 380 g/mol. The van der Waals surface area contributed by atoms with Crippen molar-refractivity contribution in [2.45, 2.75) is 91.3 Å². The van der Waals surface area contributed by atoms with Gasteiger partial charge in [-0.2, -0.15) is 0 Å². The van der Waals surface area contributed by atoms with Crippen LogP contribution in [0.1, 0.15) is 20.8 Å². The molecular formula is C14H39O2Si5+. The molecule has 0 saturated carbocycles. The Morgan fingerprint density at radius 1 is 0.667 bits per heavy atom. The molecule has 0 unspecified atom stereocenters. The molecule has 1 saturated heterocycles. The molecule has 0 spiro atoms. The quantitative estimate of drug-likeness (QED) is 0.460. The summed E-state index contributed by atoms with van der Waals surface area (Å²) in [5.74, 6) is 0. The molecular weight excluding hydrogens is 341 g/mol. The Balaban J connectivity index is 3.61. The predicted molar refractivity (Wildman–Crippen MR) is 109 cm³/mol. The van der Waals surface area contributed by atoms with Gasteiger partial charge < -0.3 is 7.55 Å². The molecule has 0 N–H and O–H groups in total. The Kier molecular flexibility index (Phi) is 5.56. The highest BCUT2D eigenvalue weighted by atomic mass is 29.4. The molecule has 126 valence electrons. The molecule has 0 aromatic rings. The molecule has 0 bridgehead atoms. The van der Waals surface area contributed by atoms with Crippen molar-refractivity contribution in [1.82, 2.24) is 0 Å². The van der Waals surface area contributed by atoms with Crippen LogP contribution in [0.2, 0.25) is 70.5 Å². The predicted octanol–water partition coefficient (Wildman–Crippen LogP) is 5.55. The second-order valence-corrected chi connectivity index (χ2v) is 43.0. The largest absolute Gasteiger partial charge is 0.723 e. The lowest BCUT2D eigenvalue weighted by atomic mass is 10.9. The van der Waals surface area contributed by atoms with Gasteiger partial charge >= 0.3 is 24.0 Å². The van der Waals surface area contributed by atoms with E-state index in [1.807, 2.05) is 0 Å². The molecule has 0 aromatic carbocycles. The summed E-state index contributed by atoms with van der Waals surface area (Å²) in [5.41, 5.74) is 0. The van der Waals surface area contributed by atoms with Gasteiger partial charge in [-0.05, 0) is 52.4 Å². The Morgan fingerprint density at radius 2 is 0.952 bits per heavy atom. The summed E-state index contributed by atoms with van der Waals surface area (Å²) in [6.45, 7) is 27.9. The van der Waals surface area contributed by atoms with Gasteiger partial charge in [0, 0.05) is 18.1 Å². The first-order valence-electron chi connectivity index (χ1n) is 8.70. The van der Waals surface area contributed by atoms with Crippen molar-refractivity contribution < 1.29 is 7.55 Å². The van der Waals surface area contributed by atoms with Crippen molar-refractivity contribution >= 4 is 39.7 Å². The summed E-state index contributed by atoms with van der Waals surface area (Å²) in [6, 6.07) is 4.19. The van der Waals surface area contributed by atoms with Crippen LogP contribution < -0.4 is 0 Å². The first-order chi connectivity index (χ1) is 9.26. The van der Waals surface area contributed by atoms with Crippen molar-refractivity contribution in [3.05, 3.63) is 0 Å². The lowest BCUT2D eigenvalue weighted by Crippen LogP contribution is -2.87. The van der Waals surface area contributed by atoms with Gasteiger partial charge in [0.05, 0.1) is 0 Å². The molecule has 21 heavy (non-hydrogen) atoms. The summed E-state index contributed by atoms with van der Waals surface area (Å²) < 4.78 is 11.4. The van der Waals surface area contributed by atoms with Crippen LogP contribution in [-0.4, -0.2) is 39.7 Å². The zero-order chi connectivity index (χ0) is 16.9. The van der Waals surface area contributed by atoms with Crippen LogP contribution in [0.3, 0.4) is 0 Å². The third-order valence-electron chi connectivity index (χ3n) is 6.80. The van der Waals surface area contributed by atoms with Gasteiger partial charge in [-0.15, -0.1) is 0 Å². The summed E-state index contributed by atoms with van der Waals surface area (Å²) in [7, 11) is -7.70. The second-order valence-electron chi connectivity index (χ2n) is 8.69. The van der Waals surface area contributed by atoms with Crippen molar-refractivity contribution in [2.75, 3.05) is 0 Å².